The summed E-state index contributed by atoms with van der Waals surface area (Å²) in [6.07, 6.45) is 3.89. The van der Waals surface area contributed by atoms with Gasteiger partial charge in [-0.25, -0.2) is 4.98 Å². The molecule has 7 heteroatoms. The van der Waals surface area contributed by atoms with E-state index in [4.69, 9.17) is 17.4 Å². The lowest BCUT2D eigenvalue weighted by Crippen LogP contribution is -2.34. The lowest BCUT2D eigenvalue weighted by atomic mass is 10.1. The highest BCUT2D eigenvalue weighted by atomic mass is 35.5. The van der Waals surface area contributed by atoms with E-state index in [0.717, 1.165) is 32.5 Å². The molecule has 0 atom stereocenters. The minimum Gasteiger partial charge on any atom is -0.305 e. The van der Waals surface area contributed by atoms with Gasteiger partial charge >= 0.3 is 0 Å². The van der Waals surface area contributed by atoms with Crippen LogP contribution in [0.3, 0.4) is 0 Å². The second-order valence-electron chi connectivity index (χ2n) is 3.82. The molecule has 88 valence electrons. The van der Waals surface area contributed by atoms with Gasteiger partial charge in [-0.3, -0.25) is 4.90 Å². The Bertz CT molecular complexity index is 359. The van der Waals surface area contributed by atoms with Gasteiger partial charge in [-0.05, 0) is 12.8 Å². The first-order valence-electron chi connectivity index (χ1n) is 5.20. The molecule has 0 amide bonds. The minimum absolute atomic E-state index is 0.297. The summed E-state index contributed by atoms with van der Waals surface area (Å²) in [6.45, 7) is 2.98. The van der Waals surface area contributed by atoms with Gasteiger partial charge in [0.2, 0.25) is 0 Å². The van der Waals surface area contributed by atoms with Crippen molar-refractivity contribution in [2.24, 2.45) is 16.2 Å². The third-order valence-electron chi connectivity index (χ3n) is 2.69. The topological polar surface area (TPSA) is 66.9 Å². The molecule has 0 bridgehead atoms. The Kier molecular flexibility index (Phi) is 4.09. The number of piperidine rings is 1. The van der Waals surface area contributed by atoms with Gasteiger partial charge in [0, 0.05) is 30.7 Å². The molecule has 1 saturated heterocycles. The molecule has 16 heavy (non-hydrogen) atoms. The zero-order chi connectivity index (χ0) is 11.4. The zero-order valence-corrected chi connectivity index (χ0v) is 10.4. The Morgan fingerprint density at radius 1 is 1.56 bits per heavy atom. The summed E-state index contributed by atoms with van der Waals surface area (Å²) in [5.41, 5.74) is 0. The average molecular weight is 260 g/mol. The van der Waals surface area contributed by atoms with Crippen molar-refractivity contribution in [3.05, 3.63) is 15.5 Å². The molecule has 1 aromatic rings. The molecule has 2 heterocycles. The van der Waals surface area contributed by atoms with Crippen LogP contribution in [0.25, 0.3) is 0 Å². The minimum atomic E-state index is 0.297. The Hall–Kier alpha value is -0.720. The predicted molar refractivity (Wildman–Crippen MR) is 64.5 cm³/mol. The molecule has 0 radical (unpaired) electrons. The number of halogens is 1. The molecule has 0 aliphatic carbocycles. The highest BCUT2D eigenvalue weighted by molar-refractivity contribution is 7.15. The molecule has 2 rings (SSSR count). The second kappa shape index (κ2) is 5.56. The van der Waals surface area contributed by atoms with Crippen LogP contribution >= 0.6 is 22.9 Å². The van der Waals surface area contributed by atoms with Crippen LogP contribution < -0.4 is 5.84 Å². The van der Waals surface area contributed by atoms with Gasteiger partial charge in [-0.15, -0.1) is 11.3 Å². The number of aromatic nitrogens is 1. The van der Waals surface area contributed by atoms with Crippen LogP contribution in [-0.4, -0.2) is 29.0 Å². The number of likely N-dealkylation sites (tertiary alicyclic amines) is 1. The van der Waals surface area contributed by atoms with Crippen molar-refractivity contribution >= 4 is 22.9 Å². The lowest BCUT2D eigenvalue weighted by Gasteiger charge is -2.28. The summed E-state index contributed by atoms with van der Waals surface area (Å²) in [6, 6.07) is 0.297. The summed E-state index contributed by atoms with van der Waals surface area (Å²) in [5.74, 6) is 5.04. The number of nitrogens with two attached hydrogens (primary N) is 1. The van der Waals surface area contributed by atoms with Gasteiger partial charge in [-0.2, -0.15) is 5.11 Å². The first-order chi connectivity index (χ1) is 7.78. The molecule has 0 unspecified atom stereocenters. The fraction of sp³-hybridized carbons (Fsp3) is 0.667. The maximum atomic E-state index is 5.79. The maximum absolute atomic E-state index is 5.79. The van der Waals surface area contributed by atoms with Crippen LogP contribution in [0.5, 0.6) is 0 Å². The molecular formula is C9H14ClN5S. The Balaban J connectivity index is 1.81. The summed E-state index contributed by atoms with van der Waals surface area (Å²) in [5, 5.41) is 7.33. The van der Waals surface area contributed by atoms with Crippen LogP contribution in [0.2, 0.25) is 4.47 Å². The van der Waals surface area contributed by atoms with E-state index < -0.39 is 0 Å². The molecule has 0 spiro atoms. The van der Waals surface area contributed by atoms with E-state index in [1.54, 1.807) is 11.3 Å². The van der Waals surface area contributed by atoms with Gasteiger partial charge in [0.05, 0.1) is 6.04 Å². The first kappa shape index (κ1) is 11.8. The smallest absolute Gasteiger partial charge is 0.183 e. The van der Waals surface area contributed by atoms with E-state index >= 15 is 0 Å². The highest BCUT2D eigenvalue weighted by Gasteiger charge is 2.19. The van der Waals surface area contributed by atoms with Crippen molar-refractivity contribution in [2.75, 3.05) is 13.1 Å². The molecule has 0 saturated carbocycles. The fourth-order valence-electron chi connectivity index (χ4n) is 1.86. The van der Waals surface area contributed by atoms with Gasteiger partial charge in [0.25, 0.3) is 0 Å². The Morgan fingerprint density at radius 3 is 2.88 bits per heavy atom. The van der Waals surface area contributed by atoms with Gasteiger partial charge in [0.15, 0.2) is 4.47 Å². The van der Waals surface area contributed by atoms with Crippen LogP contribution in [0, 0.1) is 0 Å². The van der Waals surface area contributed by atoms with E-state index in [-0.39, 0.29) is 0 Å². The van der Waals surface area contributed by atoms with Gasteiger partial charge < -0.3 is 5.84 Å². The van der Waals surface area contributed by atoms with Crippen LogP contribution in [-0.2, 0) is 6.54 Å². The summed E-state index contributed by atoms with van der Waals surface area (Å²) in [4.78, 5) is 7.63. The lowest BCUT2D eigenvalue weighted by molar-refractivity contribution is 0.205. The number of hydrogen-bond donors (Lipinski definition) is 1. The Labute approximate surface area is 103 Å². The monoisotopic (exact) mass is 259 g/mol. The highest BCUT2D eigenvalue weighted by Crippen LogP contribution is 2.21. The maximum Gasteiger partial charge on any atom is 0.183 e. The standard InChI is InChI=1S/C9H14ClN5S/c10-9-12-5-8(16-9)6-15-3-1-7(2-4-15)13-14-11/h5,7H,1-4,6H2,(H2,11,13). The molecule has 1 aliphatic heterocycles. The number of hydrogen-bond acceptors (Lipinski definition) is 5. The predicted octanol–water partition coefficient (Wildman–Crippen LogP) is 2.09. The van der Waals surface area contributed by atoms with Crippen molar-refractivity contribution in [1.82, 2.24) is 9.88 Å². The SMILES string of the molecule is NN=NC1CCN(Cc2cnc(Cl)s2)CC1. The zero-order valence-electron chi connectivity index (χ0n) is 8.84. The first-order valence-corrected chi connectivity index (χ1v) is 6.40. The second-order valence-corrected chi connectivity index (χ2v) is 5.52. The number of rotatable bonds is 3. The van der Waals surface area contributed by atoms with Crippen LogP contribution in [0.1, 0.15) is 17.7 Å². The van der Waals surface area contributed by atoms with E-state index in [2.05, 4.69) is 20.2 Å². The van der Waals surface area contributed by atoms with E-state index in [1.165, 1.54) is 4.88 Å². The number of thiazole rings is 1. The summed E-state index contributed by atoms with van der Waals surface area (Å²) in [7, 11) is 0. The van der Waals surface area contributed by atoms with Crippen molar-refractivity contribution in [3.8, 4) is 0 Å². The van der Waals surface area contributed by atoms with E-state index in [0.29, 0.717) is 10.5 Å². The molecule has 1 aromatic heterocycles. The molecule has 1 aliphatic rings. The number of nitrogens with zero attached hydrogens (tertiary/aromatic N) is 4. The van der Waals surface area contributed by atoms with Crippen LogP contribution in [0.4, 0.5) is 0 Å². The van der Waals surface area contributed by atoms with Crippen molar-refractivity contribution in [1.29, 1.82) is 0 Å². The molecule has 1 fully saturated rings. The van der Waals surface area contributed by atoms with Gasteiger partial charge in [0.1, 0.15) is 0 Å². The van der Waals surface area contributed by atoms with Gasteiger partial charge in [-0.1, -0.05) is 16.8 Å². The third kappa shape index (κ3) is 3.13. The fourth-order valence-corrected chi connectivity index (χ4v) is 2.88. The van der Waals surface area contributed by atoms with Crippen LogP contribution in [0.15, 0.2) is 16.5 Å². The quantitative estimate of drug-likeness (QED) is 0.513. The molecule has 2 N–H and O–H groups in total. The normalized spacial score (nSPS) is 19.6. The largest absolute Gasteiger partial charge is 0.305 e. The Morgan fingerprint density at radius 2 is 2.31 bits per heavy atom. The molecule has 5 nitrogen and oxygen atoms in total. The summed E-state index contributed by atoms with van der Waals surface area (Å²) < 4.78 is 0.613. The van der Waals surface area contributed by atoms with Crippen molar-refractivity contribution < 1.29 is 0 Å². The molecular weight excluding hydrogens is 246 g/mol. The van der Waals surface area contributed by atoms with E-state index in [1.807, 2.05) is 6.20 Å². The van der Waals surface area contributed by atoms with E-state index in [9.17, 15) is 0 Å². The summed E-state index contributed by atoms with van der Waals surface area (Å²) >= 11 is 7.33. The third-order valence-corrected chi connectivity index (χ3v) is 3.79. The van der Waals surface area contributed by atoms with Crippen molar-refractivity contribution in [2.45, 2.75) is 25.4 Å². The molecule has 0 aromatic carbocycles. The average Bonchev–Trinajstić information content (AvgIpc) is 2.67. The van der Waals surface area contributed by atoms with Crippen molar-refractivity contribution in [3.63, 3.8) is 0 Å².